The number of fused-ring (bicyclic) bond motifs is 1. The Balaban J connectivity index is 0.00000370. The van der Waals surface area contributed by atoms with Crippen LogP contribution in [0.5, 0.6) is 11.5 Å². The van der Waals surface area contributed by atoms with Gasteiger partial charge >= 0.3 is 12.3 Å². The van der Waals surface area contributed by atoms with Crippen LogP contribution in [0.25, 0.3) is 11.0 Å². The van der Waals surface area contributed by atoms with Gasteiger partial charge in [-0.05, 0) is 37.1 Å². The third-order valence-electron chi connectivity index (χ3n) is 6.91. The van der Waals surface area contributed by atoms with Crippen LogP contribution in [-0.4, -0.2) is 36.8 Å². The highest BCUT2D eigenvalue weighted by Crippen LogP contribution is 2.39. The molecule has 2 aromatic heterocycles. The minimum Gasteiger partial charge on any atom is -0.487 e. The van der Waals surface area contributed by atoms with Crippen LogP contribution in [0.1, 0.15) is 56.1 Å². The van der Waals surface area contributed by atoms with E-state index >= 15 is 0 Å². The van der Waals surface area contributed by atoms with Crippen molar-refractivity contribution in [2.75, 3.05) is 0 Å². The predicted octanol–water partition coefficient (Wildman–Crippen LogP) is 6.43. The lowest BCUT2D eigenvalue weighted by Gasteiger charge is -2.28. The van der Waals surface area contributed by atoms with Crippen molar-refractivity contribution in [3.8, 4) is 11.5 Å². The van der Waals surface area contributed by atoms with Gasteiger partial charge in [0.25, 0.3) is 0 Å². The molecule has 1 saturated carbocycles. The third-order valence-corrected chi connectivity index (χ3v) is 6.91. The molecule has 2 heterocycles. The summed E-state index contributed by atoms with van der Waals surface area (Å²) in [7, 11) is 1.80. The molecule has 40 heavy (non-hydrogen) atoms. The summed E-state index contributed by atoms with van der Waals surface area (Å²) in [5.74, 6) is -2.52. The van der Waals surface area contributed by atoms with Crippen LogP contribution in [-0.2, 0) is 25.0 Å². The van der Waals surface area contributed by atoms with E-state index in [1.54, 1.807) is 40.7 Å². The molecule has 8 nitrogen and oxygen atoms in total. The maximum absolute atomic E-state index is 15.0. The Morgan fingerprint density at radius 1 is 1.10 bits per heavy atom. The Labute approximate surface area is 228 Å². The number of alkyl halides is 3. The number of carboxylic acids is 1. The number of rotatable bonds is 8. The highest BCUT2D eigenvalue weighted by atomic mass is 19.4. The standard InChI is InChI=1S/C27H26F4N4O4.CH4/c1-34-11-10-17(33-34)15-38-18-8-9-23-24(13-18)35(25(32-23)20-4-2-3-5-21(20)26(36)37)14-16-6-7-19(12-22(16)28)39-27(29,30)31;/h6-13,20-21H,2-5,14-15H2,1H3,(H,36,37);1H4/t20-,21+;/m0./s1. The Hall–Kier alpha value is -4.09. The van der Waals surface area contributed by atoms with E-state index in [1.165, 1.54) is 6.07 Å². The zero-order valence-corrected chi connectivity index (χ0v) is 21.0. The van der Waals surface area contributed by atoms with Gasteiger partial charge in [-0.15, -0.1) is 13.2 Å². The molecule has 0 unspecified atom stereocenters. The number of halogens is 4. The summed E-state index contributed by atoms with van der Waals surface area (Å²) in [5, 5.41) is 14.2. The lowest BCUT2D eigenvalue weighted by Crippen LogP contribution is -2.28. The van der Waals surface area contributed by atoms with Crippen molar-refractivity contribution in [3.05, 3.63) is 71.6 Å². The maximum Gasteiger partial charge on any atom is 0.573 e. The molecule has 1 aliphatic rings. The van der Waals surface area contributed by atoms with Crippen LogP contribution >= 0.6 is 0 Å². The summed E-state index contributed by atoms with van der Waals surface area (Å²) in [6, 6.07) is 10.0. The highest BCUT2D eigenvalue weighted by Gasteiger charge is 2.36. The van der Waals surface area contributed by atoms with Crippen molar-refractivity contribution < 1.29 is 36.9 Å². The molecule has 2 atom stereocenters. The topological polar surface area (TPSA) is 91.4 Å². The van der Waals surface area contributed by atoms with Gasteiger partial charge in [-0.1, -0.05) is 26.3 Å². The molecule has 4 aromatic rings. The van der Waals surface area contributed by atoms with Gasteiger partial charge in [0, 0.05) is 36.9 Å². The molecular weight excluding hydrogens is 532 g/mol. The van der Waals surface area contributed by atoms with Gasteiger partial charge in [0.1, 0.15) is 29.7 Å². The quantitative estimate of drug-likeness (QED) is 0.249. The predicted molar refractivity (Wildman–Crippen MR) is 139 cm³/mol. The van der Waals surface area contributed by atoms with Crippen LogP contribution in [0.4, 0.5) is 17.6 Å². The van der Waals surface area contributed by atoms with Crippen molar-refractivity contribution in [2.45, 2.75) is 58.5 Å². The van der Waals surface area contributed by atoms with E-state index < -0.39 is 35.7 Å². The molecule has 1 N–H and O–H groups in total. The fourth-order valence-electron chi connectivity index (χ4n) is 5.12. The van der Waals surface area contributed by atoms with Crippen molar-refractivity contribution in [1.29, 1.82) is 0 Å². The monoisotopic (exact) mass is 562 g/mol. The van der Waals surface area contributed by atoms with Crippen molar-refractivity contribution >= 4 is 17.0 Å². The number of carbonyl (C=O) groups is 1. The van der Waals surface area contributed by atoms with E-state index in [0.29, 0.717) is 41.5 Å². The molecule has 12 heteroatoms. The third kappa shape index (κ3) is 6.37. The van der Waals surface area contributed by atoms with Crippen LogP contribution in [0.2, 0.25) is 0 Å². The number of aliphatic carboxylic acids is 1. The number of ether oxygens (including phenoxy) is 2. The van der Waals surface area contributed by atoms with Crippen LogP contribution in [0.3, 0.4) is 0 Å². The van der Waals surface area contributed by atoms with E-state index in [4.69, 9.17) is 9.72 Å². The van der Waals surface area contributed by atoms with E-state index in [1.807, 2.05) is 6.07 Å². The average Bonchev–Trinajstić information content (AvgIpc) is 3.46. The summed E-state index contributed by atoms with van der Waals surface area (Å²) in [5.41, 5.74) is 1.99. The molecule has 1 aliphatic carbocycles. The first-order valence-electron chi connectivity index (χ1n) is 12.5. The van der Waals surface area contributed by atoms with Crippen molar-refractivity contribution in [2.24, 2.45) is 13.0 Å². The molecule has 2 aromatic carbocycles. The van der Waals surface area contributed by atoms with Gasteiger partial charge in [-0.2, -0.15) is 5.10 Å². The van der Waals surface area contributed by atoms with E-state index in [0.717, 1.165) is 24.6 Å². The smallest absolute Gasteiger partial charge is 0.487 e. The first kappa shape index (κ1) is 28.9. The summed E-state index contributed by atoms with van der Waals surface area (Å²) in [4.78, 5) is 16.8. The van der Waals surface area contributed by atoms with Gasteiger partial charge in [0.05, 0.1) is 29.2 Å². The van der Waals surface area contributed by atoms with Crippen molar-refractivity contribution in [3.63, 3.8) is 0 Å². The van der Waals surface area contributed by atoms with Gasteiger partial charge < -0.3 is 19.1 Å². The molecule has 0 bridgehead atoms. The first-order chi connectivity index (χ1) is 18.6. The second kappa shape index (κ2) is 11.6. The second-order valence-electron chi connectivity index (χ2n) is 9.61. The molecule has 5 rings (SSSR count). The molecule has 0 aliphatic heterocycles. The fraction of sp³-hybridized carbons (Fsp3) is 0.393. The SMILES string of the molecule is C.Cn1ccc(COc2ccc3nc([C@H]4CCCC[C@H]4C(=O)O)n(Cc4ccc(OC(F)(F)F)cc4F)c3c2)n1. The lowest BCUT2D eigenvalue weighted by atomic mass is 9.78. The number of imidazole rings is 1. The zero-order valence-electron chi connectivity index (χ0n) is 21.0. The van der Waals surface area contributed by atoms with Crippen molar-refractivity contribution in [1.82, 2.24) is 19.3 Å². The first-order valence-corrected chi connectivity index (χ1v) is 12.5. The fourth-order valence-corrected chi connectivity index (χ4v) is 5.12. The summed E-state index contributed by atoms with van der Waals surface area (Å²) in [6.07, 6.45) is -0.432. The molecule has 0 spiro atoms. The van der Waals surface area contributed by atoms with Crippen LogP contribution in [0.15, 0.2) is 48.7 Å². The van der Waals surface area contributed by atoms with Crippen LogP contribution < -0.4 is 9.47 Å². The normalized spacial score (nSPS) is 17.4. The summed E-state index contributed by atoms with van der Waals surface area (Å²) in [6.45, 7) is 0.142. The molecule has 0 radical (unpaired) electrons. The van der Waals surface area contributed by atoms with Gasteiger partial charge in [-0.25, -0.2) is 9.37 Å². The minimum absolute atomic E-state index is 0. The van der Waals surface area contributed by atoms with E-state index in [9.17, 15) is 27.5 Å². The van der Waals surface area contributed by atoms with Crippen LogP contribution in [0, 0.1) is 11.7 Å². The number of carboxylic acid groups (broad SMARTS) is 1. The number of aryl methyl sites for hydroxylation is 1. The minimum atomic E-state index is -4.94. The highest BCUT2D eigenvalue weighted by molar-refractivity contribution is 5.79. The Morgan fingerprint density at radius 2 is 1.85 bits per heavy atom. The Kier molecular flexibility index (Phi) is 8.36. The number of hydrogen-bond donors (Lipinski definition) is 1. The Bertz CT molecular complexity index is 1500. The van der Waals surface area contributed by atoms with E-state index in [2.05, 4.69) is 9.84 Å². The largest absolute Gasteiger partial charge is 0.573 e. The maximum atomic E-state index is 15.0. The molecule has 0 amide bonds. The number of benzene rings is 2. The number of aromatic nitrogens is 4. The van der Waals surface area contributed by atoms with Gasteiger partial charge in [0.2, 0.25) is 0 Å². The summed E-state index contributed by atoms with van der Waals surface area (Å²) < 4.78 is 65.9. The Morgan fingerprint density at radius 3 is 2.52 bits per heavy atom. The summed E-state index contributed by atoms with van der Waals surface area (Å²) >= 11 is 0. The molecule has 1 fully saturated rings. The lowest BCUT2D eigenvalue weighted by molar-refractivity contribution is -0.274. The second-order valence-corrected chi connectivity index (χ2v) is 9.61. The average molecular weight is 563 g/mol. The zero-order chi connectivity index (χ0) is 27.7. The van der Waals surface area contributed by atoms with Gasteiger partial charge in [0.15, 0.2) is 0 Å². The molecule has 0 saturated heterocycles. The van der Waals surface area contributed by atoms with Gasteiger partial charge in [-0.3, -0.25) is 9.48 Å². The number of nitrogens with zero attached hydrogens (tertiary/aromatic N) is 4. The molecular formula is C28H30F4N4O4. The van der Waals surface area contributed by atoms with E-state index in [-0.39, 0.29) is 26.1 Å². The number of hydrogen-bond acceptors (Lipinski definition) is 5. The molecule has 214 valence electrons.